The molecule has 196 valence electrons. The number of alkyl halides is 3. The molecule has 0 unspecified atom stereocenters. The molecule has 1 aliphatic rings. The lowest BCUT2D eigenvalue weighted by molar-refractivity contribution is -0.137. The second-order valence-electron chi connectivity index (χ2n) is 8.68. The number of rotatable bonds is 5. The van der Waals surface area contributed by atoms with E-state index in [4.69, 9.17) is 11.6 Å². The Bertz CT molecular complexity index is 1670. The third kappa shape index (κ3) is 4.36. The third-order valence-corrected chi connectivity index (χ3v) is 6.53. The van der Waals surface area contributed by atoms with Crippen molar-refractivity contribution in [2.45, 2.75) is 26.1 Å². The molecule has 9 nitrogen and oxygen atoms in total. The largest absolute Gasteiger partial charge is 0.508 e. The lowest BCUT2D eigenvalue weighted by Gasteiger charge is -2.22. The molecule has 0 fully saturated rings. The van der Waals surface area contributed by atoms with Crippen molar-refractivity contribution in [1.29, 1.82) is 0 Å². The van der Waals surface area contributed by atoms with E-state index in [0.717, 1.165) is 10.5 Å². The number of nitrogens with one attached hydrogen (secondary N) is 1. The van der Waals surface area contributed by atoms with Gasteiger partial charge in [-0.1, -0.05) is 17.7 Å². The lowest BCUT2D eigenvalue weighted by Crippen LogP contribution is -2.26. The summed E-state index contributed by atoms with van der Waals surface area (Å²) in [5.74, 6) is -1.03. The third-order valence-electron chi connectivity index (χ3n) is 6.32. The first-order valence-corrected chi connectivity index (χ1v) is 11.7. The highest BCUT2D eigenvalue weighted by Crippen LogP contribution is 2.39. The van der Waals surface area contributed by atoms with Crippen LogP contribution >= 0.6 is 11.6 Å². The summed E-state index contributed by atoms with van der Waals surface area (Å²) in [4.78, 5) is 35.0. The molecular formula is C25H19ClF3N5O4. The molecule has 13 heteroatoms. The van der Waals surface area contributed by atoms with E-state index in [0.29, 0.717) is 30.4 Å². The summed E-state index contributed by atoms with van der Waals surface area (Å²) in [5, 5.41) is 22.4. The number of phenolic OH excluding ortho intramolecular Hbond substituents is 1. The molecular weight excluding hydrogens is 527 g/mol. The van der Waals surface area contributed by atoms with Crippen LogP contribution in [0.3, 0.4) is 0 Å². The number of benzene rings is 1. The zero-order valence-corrected chi connectivity index (χ0v) is 20.4. The molecule has 5 rings (SSSR count). The predicted octanol–water partition coefficient (Wildman–Crippen LogP) is 4.78. The molecule has 0 spiro atoms. The number of phenols is 1. The fraction of sp³-hybridized carbons (Fsp3) is 0.200. The maximum atomic E-state index is 13.7. The number of hydrogen-bond acceptors (Lipinski definition) is 7. The minimum absolute atomic E-state index is 0.000192. The minimum atomic E-state index is -4.76. The average molecular weight is 546 g/mol. The Morgan fingerprint density at radius 3 is 2.68 bits per heavy atom. The van der Waals surface area contributed by atoms with Crippen LogP contribution in [0, 0.1) is 6.92 Å². The van der Waals surface area contributed by atoms with Gasteiger partial charge in [-0.15, -0.1) is 0 Å². The number of anilines is 3. The minimum Gasteiger partial charge on any atom is -0.508 e. The molecule has 0 amide bonds. The van der Waals surface area contributed by atoms with Gasteiger partial charge in [0.2, 0.25) is 0 Å². The van der Waals surface area contributed by atoms with Crippen LogP contribution in [0.25, 0.3) is 5.65 Å². The van der Waals surface area contributed by atoms with Gasteiger partial charge in [-0.05, 0) is 43.7 Å². The first kappa shape index (κ1) is 25.3. The normalized spacial score (nSPS) is 13.1. The predicted molar refractivity (Wildman–Crippen MR) is 134 cm³/mol. The van der Waals surface area contributed by atoms with E-state index in [1.807, 2.05) is 0 Å². The average Bonchev–Trinajstić information content (AvgIpc) is 3.29. The maximum absolute atomic E-state index is 13.7. The molecule has 0 saturated heterocycles. The van der Waals surface area contributed by atoms with Gasteiger partial charge in [-0.25, -0.2) is 14.8 Å². The van der Waals surface area contributed by atoms with Crippen molar-refractivity contribution in [3.05, 3.63) is 86.0 Å². The number of pyridine rings is 2. The second kappa shape index (κ2) is 9.21. The summed E-state index contributed by atoms with van der Waals surface area (Å²) < 4.78 is 42.1. The van der Waals surface area contributed by atoms with E-state index in [1.165, 1.54) is 19.1 Å². The zero-order chi connectivity index (χ0) is 27.4. The number of aromatic carboxylic acids is 1. The van der Waals surface area contributed by atoms with Gasteiger partial charge < -0.3 is 20.4 Å². The van der Waals surface area contributed by atoms with Crippen LogP contribution in [0.15, 0.2) is 47.4 Å². The van der Waals surface area contributed by atoms with Crippen molar-refractivity contribution in [2.75, 3.05) is 16.8 Å². The van der Waals surface area contributed by atoms with Gasteiger partial charge in [-0.3, -0.25) is 9.20 Å². The van der Waals surface area contributed by atoms with Crippen molar-refractivity contribution in [1.82, 2.24) is 14.4 Å². The van der Waals surface area contributed by atoms with Crippen molar-refractivity contribution in [3.63, 3.8) is 0 Å². The Labute approximate surface area is 217 Å². The number of carboxylic acids is 1. The number of halogens is 4. The van der Waals surface area contributed by atoms with Gasteiger partial charge in [-0.2, -0.15) is 13.2 Å². The number of nitrogens with zero attached hydrogens (tertiary/aromatic N) is 4. The van der Waals surface area contributed by atoms with Crippen LogP contribution in [0.5, 0.6) is 5.75 Å². The van der Waals surface area contributed by atoms with E-state index >= 15 is 0 Å². The Balaban J connectivity index is 1.67. The van der Waals surface area contributed by atoms with Crippen LogP contribution in [-0.4, -0.2) is 37.1 Å². The van der Waals surface area contributed by atoms with Crippen molar-refractivity contribution < 1.29 is 28.2 Å². The molecule has 4 aromatic rings. The highest BCUT2D eigenvalue weighted by atomic mass is 35.5. The number of hydrogen-bond donors (Lipinski definition) is 3. The Kier molecular flexibility index (Phi) is 6.14. The van der Waals surface area contributed by atoms with Gasteiger partial charge in [0, 0.05) is 36.1 Å². The van der Waals surface area contributed by atoms with Gasteiger partial charge >= 0.3 is 12.1 Å². The molecule has 0 atom stereocenters. The fourth-order valence-electron chi connectivity index (χ4n) is 4.50. The lowest BCUT2D eigenvalue weighted by atomic mass is 10.1. The summed E-state index contributed by atoms with van der Waals surface area (Å²) in [7, 11) is 0. The quantitative estimate of drug-likeness (QED) is 0.307. The van der Waals surface area contributed by atoms with Crippen LogP contribution in [-0.2, 0) is 19.1 Å². The first-order valence-electron chi connectivity index (χ1n) is 11.3. The number of carboxylic acid groups (broad SMARTS) is 1. The van der Waals surface area contributed by atoms with Crippen LogP contribution < -0.4 is 15.8 Å². The zero-order valence-electron chi connectivity index (χ0n) is 19.7. The van der Waals surface area contributed by atoms with Crippen molar-refractivity contribution >= 4 is 40.4 Å². The molecule has 0 saturated carbocycles. The summed E-state index contributed by atoms with van der Waals surface area (Å²) in [6.07, 6.45) is -3.57. The van der Waals surface area contributed by atoms with E-state index in [1.54, 1.807) is 23.1 Å². The second-order valence-corrected chi connectivity index (χ2v) is 9.06. The molecule has 38 heavy (non-hydrogen) atoms. The SMILES string of the molecule is Cc1c(N2CCc3c(O)cccc32)nc2c(CNc3ccc(Cl)nc3C(=O)O)cc(C(F)(F)F)cn2c1=O. The number of aromatic nitrogens is 3. The van der Waals surface area contributed by atoms with Gasteiger partial charge in [0.15, 0.2) is 5.69 Å². The summed E-state index contributed by atoms with van der Waals surface area (Å²) in [6, 6.07) is 8.52. The van der Waals surface area contributed by atoms with Crippen LogP contribution in [0.1, 0.15) is 32.7 Å². The maximum Gasteiger partial charge on any atom is 0.417 e. The number of fused-ring (bicyclic) bond motifs is 2. The Morgan fingerprint density at radius 2 is 1.97 bits per heavy atom. The monoisotopic (exact) mass is 545 g/mol. The van der Waals surface area contributed by atoms with Crippen molar-refractivity contribution in [3.8, 4) is 5.75 Å². The topological polar surface area (TPSA) is 120 Å². The number of aromatic hydroxyl groups is 1. The molecule has 1 aliphatic heterocycles. The van der Waals surface area contributed by atoms with Gasteiger partial charge in [0.1, 0.15) is 22.4 Å². The summed E-state index contributed by atoms with van der Waals surface area (Å²) >= 11 is 5.79. The van der Waals surface area contributed by atoms with Crippen molar-refractivity contribution in [2.24, 2.45) is 0 Å². The Morgan fingerprint density at radius 1 is 1.21 bits per heavy atom. The summed E-state index contributed by atoms with van der Waals surface area (Å²) in [6.45, 7) is 1.58. The van der Waals surface area contributed by atoms with E-state index in [9.17, 15) is 33.0 Å². The fourth-order valence-corrected chi connectivity index (χ4v) is 4.65. The van der Waals surface area contributed by atoms with E-state index in [-0.39, 0.29) is 45.7 Å². The molecule has 0 aliphatic carbocycles. The smallest absolute Gasteiger partial charge is 0.417 e. The first-order chi connectivity index (χ1) is 18.0. The summed E-state index contributed by atoms with van der Waals surface area (Å²) in [5.41, 5.74) is -0.725. The molecule has 1 aromatic carbocycles. The van der Waals surface area contributed by atoms with Crippen LogP contribution in [0.2, 0.25) is 5.15 Å². The molecule has 4 heterocycles. The van der Waals surface area contributed by atoms with Gasteiger partial charge in [0.25, 0.3) is 5.56 Å². The number of carbonyl (C=O) groups is 1. The van der Waals surface area contributed by atoms with Gasteiger partial charge in [0.05, 0.1) is 16.8 Å². The highest BCUT2D eigenvalue weighted by molar-refractivity contribution is 6.29. The Hall–Kier alpha value is -4.32. The molecule has 3 aromatic heterocycles. The van der Waals surface area contributed by atoms with E-state index < -0.39 is 29.0 Å². The highest BCUT2D eigenvalue weighted by Gasteiger charge is 2.33. The standard InChI is InChI=1S/C25H19ClF3N5O4/c1-12-21(33-8-7-15-17(33)3-2-4-18(15)35)32-22-13(9-14(25(27,28)29)11-34(22)23(12)36)10-30-16-5-6-19(26)31-20(16)24(37)38/h2-6,9,11,30,35H,7-8,10H2,1H3,(H,37,38). The van der Waals surface area contributed by atoms with E-state index in [2.05, 4.69) is 15.3 Å². The molecule has 0 radical (unpaired) electrons. The molecule has 0 bridgehead atoms. The van der Waals surface area contributed by atoms with Crippen LogP contribution in [0.4, 0.5) is 30.4 Å². The molecule has 3 N–H and O–H groups in total.